The number of aliphatic carboxylic acids is 1. The van der Waals surface area contributed by atoms with Gasteiger partial charge in [-0.3, -0.25) is 14.9 Å². The lowest BCUT2D eigenvalue weighted by Crippen LogP contribution is -2.41. The molecule has 20 heavy (non-hydrogen) atoms. The topological polar surface area (TPSA) is 105 Å². The first kappa shape index (κ1) is 15.5. The van der Waals surface area contributed by atoms with E-state index < -0.39 is 17.9 Å². The van der Waals surface area contributed by atoms with E-state index in [9.17, 15) is 14.4 Å². The van der Waals surface area contributed by atoms with Crippen molar-refractivity contribution >= 4 is 17.9 Å². The Bertz CT molecular complexity index is 501. The van der Waals surface area contributed by atoms with Gasteiger partial charge in [0.1, 0.15) is 5.75 Å². The summed E-state index contributed by atoms with van der Waals surface area (Å²) in [5.74, 6) is -1.16. The zero-order valence-corrected chi connectivity index (χ0v) is 11.0. The molecule has 0 saturated heterocycles. The predicted molar refractivity (Wildman–Crippen MR) is 70.5 cm³/mol. The van der Waals surface area contributed by atoms with Crippen LogP contribution in [0.5, 0.6) is 5.75 Å². The van der Waals surface area contributed by atoms with Gasteiger partial charge in [0, 0.05) is 6.54 Å². The number of nitrogens with one attached hydrogen (secondary N) is 2. The van der Waals surface area contributed by atoms with Crippen LogP contribution in [0.15, 0.2) is 24.3 Å². The lowest BCUT2D eigenvalue weighted by Gasteiger charge is -2.08. The summed E-state index contributed by atoms with van der Waals surface area (Å²) in [6.07, 6.45) is -0.123. The zero-order chi connectivity index (χ0) is 15.0. The molecule has 0 aliphatic carbocycles. The Labute approximate surface area is 115 Å². The first-order valence-corrected chi connectivity index (χ1v) is 6.02. The number of carboxylic acids is 1. The van der Waals surface area contributed by atoms with Crippen LogP contribution >= 0.6 is 0 Å². The molecular formula is C13H16N2O5. The van der Waals surface area contributed by atoms with Crippen molar-refractivity contribution in [1.82, 2.24) is 10.6 Å². The van der Waals surface area contributed by atoms with Crippen LogP contribution in [0.4, 0.5) is 4.79 Å². The van der Waals surface area contributed by atoms with Gasteiger partial charge in [-0.1, -0.05) is 12.1 Å². The van der Waals surface area contributed by atoms with Gasteiger partial charge in [0.25, 0.3) is 5.91 Å². The number of amides is 3. The lowest BCUT2D eigenvalue weighted by atomic mass is 10.1. The van der Waals surface area contributed by atoms with E-state index in [-0.39, 0.29) is 13.0 Å². The van der Waals surface area contributed by atoms with Crippen molar-refractivity contribution < 1.29 is 24.2 Å². The summed E-state index contributed by atoms with van der Waals surface area (Å²) < 4.78 is 5.18. The first-order chi connectivity index (χ1) is 9.51. The highest BCUT2D eigenvalue weighted by Gasteiger charge is 2.08. The molecule has 3 amide bonds. The van der Waals surface area contributed by atoms with Crippen LogP contribution in [0, 0.1) is 0 Å². The van der Waals surface area contributed by atoms with Gasteiger partial charge in [-0.2, -0.15) is 0 Å². The molecule has 0 saturated carbocycles. The van der Waals surface area contributed by atoms with E-state index in [1.165, 1.54) is 6.07 Å². The van der Waals surface area contributed by atoms with Crippen LogP contribution in [0.2, 0.25) is 0 Å². The smallest absolute Gasteiger partial charge is 0.321 e. The average Bonchev–Trinajstić information content (AvgIpc) is 2.36. The number of hydrogen-bond acceptors (Lipinski definition) is 4. The molecule has 0 heterocycles. The molecule has 0 spiro atoms. The van der Waals surface area contributed by atoms with Crippen molar-refractivity contribution in [2.75, 3.05) is 13.2 Å². The third-order valence-electron chi connectivity index (χ3n) is 2.21. The molecule has 0 bridgehead atoms. The predicted octanol–water partition coefficient (Wildman–Crippen LogP) is 0.538. The third-order valence-corrected chi connectivity index (χ3v) is 2.21. The fourth-order valence-corrected chi connectivity index (χ4v) is 1.44. The maximum atomic E-state index is 11.4. The Balaban J connectivity index is 2.47. The number of benzene rings is 1. The van der Waals surface area contributed by atoms with Crippen LogP contribution in [0.25, 0.3) is 0 Å². The van der Waals surface area contributed by atoms with Gasteiger partial charge in [-0.25, -0.2) is 4.79 Å². The van der Waals surface area contributed by atoms with Gasteiger partial charge in [-0.05, 0) is 24.6 Å². The molecule has 1 aromatic rings. The van der Waals surface area contributed by atoms with E-state index in [0.717, 1.165) is 0 Å². The summed E-state index contributed by atoms with van der Waals surface area (Å²) in [5.41, 5.74) is 0.569. The van der Waals surface area contributed by atoms with Crippen LogP contribution in [-0.4, -0.2) is 36.2 Å². The molecule has 7 heteroatoms. The van der Waals surface area contributed by atoms with Gasteiger partial charge < -0.3 is 15.2 Å². The first-order valence-electron chi connectivity index (χ1n) is 6.02. The lowest BCUT2D eigenvalue weighted by molar-refractivity contribution is -0.136. The molecule has 0 aliphatic rings. The Morgan fingerprint density at radius 1 is 1.30 bits per heavy atom. The van der Waals surface area contributed by atoms with Crippen molar-refractivity contribution in [3.05, 3.63) is 29.8 Å². The molecular weight excluding hydrogens is 264 g/mol. The fraction of sp³-hybridized carbons (Fsp3) is 0.308. The monoisotopic (exact) mass is 280 g/mol. The van der Waals surface area contributed by atoms with Crippen molar-refractivity contribution in [2.24, 2.45) is 0 Å². The number of hydrogen-bond donors (Lipinski definition) is 3. The van der Waals surface area contributed by atoms with Crippen molar-refractivity contribution in [3.63, 3.8) is 0 Å². The molecule has 0 aliphatic heterocycles. The van der Waals surface area contributed by atoms with Gasteiger partial charge in [0.2, 0.25) is 0 Å². The normalized spacial score (nSPS) is 9.65. The van der Waals surface area contributed by atoms with Gasteiger partial charge in [-0.15, -0.1) is 0 Å². The summed E-state index contributed by atoms with van der Waals surface area (Å²) in [5, 5.41) is 13.2. The second-order valence-electron chi connectivity index (χ2n) is 3.91. The van der Waals surface area contributed by atoms with Crippen molar-refractivity contribution in [3.8, 4) is 5.75 Å². The van der Waals surface area contributed by atoms with Crippen LogP contribution in [-0.2, 0) is 16.0 Å². The van der Waals surface area contributed by atoms with Crippen LogP contribution in [0.1, 0.15) is 12.5 Å². The van der Waals surface area contributed by atoms with Gasteiger partial charge in [0.05, 0.1) is 6.42 Å². The van der Waals surface area contributed by atoms with E-state index in [2.05, 4.69) is 10.6 Å². The third kappa shape index (κ3) is 5.85. The minimum atomic E-state index is -0.948. The van der Waals surface area contributed by atoms with Crippen LogP contribution in [0.3, 0.4) is 0 Å². The molecule has 108 valence electrons. The maximum Gasteiger partial charge on any atom is 0.321 e. The second kappa shape index (κ2) is 7.78. The van der Waals surface area contributed by atoms with Gasteiger partial charge in [0.15, 0.2) is 6.61 Å². The molecule has 0 fully saturated rings. The number of imide groups is 1. The molecule has 1 rings (SSSR count). The van der Waals surface area contributed by atoms with Crippen molar-refractivity contribution in [1.29, 1.82) is 0 Å². The summed E-state index contributed by atoms with van der Waals surface area (Å²) >= 11 is 0. The number of carbonyl (C=O) groups excluding carboxylic acids is 2. The zero-order valence-electron chi connectivity index (χ0n) is 11.0. The minimum absolute atomic E-state index is 0.123. The standard InChI is InChI=1S/C13H16N2O5/c1-2-14-13(19)15-11(16)8-20-10-5-3-4-9(6-10)7-12(17)18/h3-6H,2,7-8H2,1H3,(H,17,18)(H2,14,15,16,19). The highest BCUT2D eigenvalue weighted by atomic mass is 16.5. The molecule has 1 aromatic carbocycles. The number of carbonyl (C=O) groups is 3. The quantitative estimate of drug-likeness (QED) is 0.705. The summed E-state index contributed by atoms with van der Waals surface area (Å²) in [6, 6.07) is 5.84. The van der Waals surface area contributed by atoms with Crippen molar-refractivity contribution in [2.45, 2.75) is 13.3 Å². The fourth-order valence-electron chi connectivity index (χ4n) is 1.44. The highest BCUT2D eigenvalue weighted by Crippen LogP contribution is 2.13. The Kier molecular flexibility index (Phi) is 6.02. The van der Waals surface area contributed by atoms with E-state index in [0.29, 0.717) is 17.9 Å². The molecule has 0 atom stereocenters. The average molecular weight is 280 g/mol. The SMILES string of the molecule is CCNC(=O)NC(=O)COc1cccc(CC(=O)O)c1. The van der Waals surface area contributed by atoms with E-state index >= 15 is 0 Å². The Hall–Kier alpha value is -2.57. The number of ether oxygens (including phenoxy) is 1. The molecule has 0 unspecified atom stereocenters. The minimum Gasteiger partial charge on any atom is -0.484 e. The van der Waals surface area contributed by atoms with Gasteiger partial charge >= 0.3 is 12.0 Å². The molecule has 7 nitrogen and oxygen atoms in total. The highest BCUT2D eigenvalue weighted by molar-refractivity contribution is 5.94. The largest absolute Gasteiger partial charge is 0.484 e. The summed E-state index contributed by atoms with van der Waals surface area (Å²) in [6.45, 7) is 1.82. The number of urea groups is 1. The number of carboxylic acid groups (broad SMARTS) is 1. The molecule has 0 radical (unpaired) electrons. The summed E-state index contributed by atoms with van der Waals surface area (Å²) in [7, 11) is 0. The Morgan fingerprint density at radius 2 is 2.05 bits per heavy atom. The summed E-state index contributed by atoms with van der Waals surface area (Å²) in [4.78, 5) is 33.0. The van der Waals surface area contributed by atoms with Crippen LogP contribution < -0.4 is 15.4 Å². The van der Waals surface area contributed by atoms with E-state index in [4.69, 9.17) is 9.84 Å². The number of rotatable bonds is 6. The molecule has 0 aromatic heterocycles. The Morgan fingerprint density at radius 3 is 2.70 bits per heavy atom. The molecule has 3 N–H and O–H groups in total. The second-order valence-corrected chi connectivity index (χ2v) is 3.91. The maximum absolute atomic E-state index is 11.4. The van der Waals surface area contributed by atoms with E-state index in [1.54, 1.807) is 25.1 Å². The van der Waals surface area contributed by atoms with E-state index in [1.807, 2.05) is 0 Å².